The van der Waals surface area contributed by atoms with Crippen LogP contribution in [0.2, 0.25) is 5.02 Å². The fourth-order valence-electron chi connectivity index (χ4n) is 2.90. The van der Waals surface area contributed by atoms with Gasteiger partial charge in [0.2, 0.25) is 0 Å². The number of halogens is 1. The summed E-state index contributed by atoms with van der Waals surface area (Å²) in [6, 6.07) is 9.68. The first kappa shape index (κ1) is 17.0. The van der Waals surface area contributed by atoms with Crippen LogP contribution in [0.25, 0.3) is 11.3 Å². The molecule has 0 atom stereocenters. The van der Waals surface area contributed by atoms with Gasteiger partial charge in [-0.05, 0) is 32.0 Å². The first-order valence-electron chi connectivity index (χ1n) is 8.42. The van der Waals surface area contributed by atoms with Crippen LogP contribution >= 0.6 is 11.6 Å². The van der Waals surface area contributed by atoms with Gasteiger partial charge in [0.15, 0.2) is 0 Å². The molecule has 24 heavy (non-hydrogen) atoms. The van der Waals surface area contributed by atoms with Gasteiger partial charge in [0.05, 0.1) is 0 Å². The van der Waals surface area contributed by atoms with E-state index in [9.17, 15) is 0 Å². The summed E-state index contributed by atoms with van der Waals surface area (Å²) in [7, 11) is 0. The molecule has 1 saturated heterocycles. The number of aromatic nitrogens is 1. The van der Waals surface area contributed by atoms with Crippen molar-refractivity contribution in [3.8, 4) is 11.3 Å². The second kappa shape index (κ2) is 8.31. The summed E-state index contributed by atoms with van der Waals surface area (Å²) in [4.78, 5) is 2.48. The topological polar surface area (TPSA) is 44.9 Å². The third-order valence-corrected chi connectivity index (χ3v) is 4.48. The predicted octanol–water partition coefficient (Wildman–Crippen LogP) is 3.55. The van der Waals surface area contributed by atoms with E-state index in [-0.39, 0.29) is 0 Å². The summed E-state index contributed by atoms with van der Waals surface area (Å²) < 4.78 is 5.46. The average Bonchev–Trinajstić information content (AvgIpc) is 3.06. The van der Waals surface area contributed by atoms with Gasteiger partial charge >= 0.3 is 0 Å². The van der Waals surface area contributed by atoms with Crippen molar-refractivity contribution in [2.45, 2.75) is 19.8 Å². The van der Waals surface area contributed by atoms with Crippen molar-refractivity contribution in [2.24, 2.45) is 5.10 Å². The third kappa shape index (κ3) is 4.58. The molecule has 0 spiro atoms. The Labute approximate surface area is 147 Å². The first-order valence-corrected chi connectivity index (χ1v) is 8.80. The van der Waals surface area contributed by atoms with Crippen LogP contribution in [0.15, 0.2) is 40.0 Å². The largest absolute Gasteiger partial charge is 0.361 e. The van der Waals surface area contributed by atoms with Crippen molar-refractivity contribution < 1.29 is 4.52 Å². The number of aryl methyl sites for hydroxylation is 1. The van der Waals surface area contributed by atoms with E-state index in [4.69, 9.17) is 16.1 Å². The van der Waals surface area contributed by atoms with Crippen LogP contribution in [0.1, 0.15) is 19.1 Å². The minimum absolute atomic E-state index is 0.729. The number of benzene rings is 1. The fourth-order valence-corrected chi connectivity index (χ4v) is 3.03. The number of rotatable bonds is 6. The standard InChI is InChI=1S/C18H23ClN4O/c1-2-20-23-12-10-22(11-13-23)9-3-4-17-14-18(21-24-17)15-5-7-16(19)8-6-15/h2,5-8,14H,3-4,9-13H2,1H3/b20-2-. The van der Waals surface area contributed by atoms with E-state index in [0.717, 1.165) is 67.6 Å². The van der Waals surface area contributed by atoms with Gasteiger partial charge in [0.1, 0.15) is 11.5 Å². The number of hydrogen-bond acceptors (Lipinski definition) is 5. The lowest BCUT2D eigenvalue weighted by atomic mass is 10.1. The zero-order chi connectivity index (χ0) is 16.8. The van der Waals surface area contributed by atoms with Crippen molar-refractivity contribution in [2.75, 3.05) is 32.7 Å². The highest BCUT2D eigenvalue weighted by molar-refractivity contribution is 6.30. The van der Waals surface area contributed by atoms with Gasteiger partial charge in [0, 0.05) is 55.5 Å². The summed E-state index contributed by atoms with van der Waals surface area (Å²) in [5, 5.41) is 11.3. The van der Waals surface area contributed by atoms with E-state index in [1.807, 2.05) is 43.5 Å². The Morgan fingerprint density at radius 3 is 2.67 bits per heavy atom. The van der Waals surface area contributed by atoms with E-state index >= 15 is 0 Å². The summed E-state index contributed by atoms with van der Waals surface area (Å²) in [6.45, 7) is 7.21. The molecule has 0 radical (unpaired) electrons. The minimum atomic E-state index is 0.729. The van der Waals surface area contributed by atoms with Crippen LogP contribution in [0.5, 0.6) is 0 Å². The van der Waals surface area contributed by atoms with E-state index < -0.39 is 0 Å². The van der Waals surface area contributed by atoms with Gasteiger partial charge in [-0.3, -0.25) is 9.91 Å². The maximum Gasteiger partial charge on any atom is 0.137 e. The minimum Gasteiger partial charge on any atom is -0.361 e. The van der Waals surface area contributed by atoms with E-state index in [1.165, 1.54) is 0 Å². The Bertz CT molecular complexity index is 660. The molecule has 0 aliphatic carbocycles. The monoisotopic (exact) mass is 346 g/mol. The Morgan fingerprint density at radius 2 is 1.96 bits per heavy atom. The maximum absolute atomic E-state index is 5.91. The Balaban J connectivity index is 1.44. The molecule has 128 valence electrons. The molecule has 2 aromatic rings. The van der Waals surface area contributed by atoms with Crippen molar-refractivity contribution in [3.63, 3.8) is 0 Å². The summed E-state index contributed by atoms with van der Waals surface area (Å²) in [5.74, 6) is 0.939. The highest BCUT2D eigenvalue weighted by atomic mass is 35.5. The van der Waals surface area contributed by atoms with Gasteiger partial charge < -0.3 is 4.52 Å². The molecule has 1 aliphatic rings. The number of nitrogens with zero attached hydrogens (tertiary/aromatic N) is 4. The molecule has 0 saturated carbocycles. The van der Waals surface area contributed by atoms with Crippen LogP contribution in [0, 0.1) is 0 Å². The van der Waals surface area contributed by atoms with Crippen LogP contribution in [-0.4, -0.2) is 54.0 Å². The molecule has 5 nitrogen and oxygen atoms in total. The average molecular weight is 347 g/mol. The molecule has 6 heteroatoms. The van der Waals surface area contributed by atoms with Crippen molar-refractivity contribution in [3.05, 3.63) is 41.1 Å². The second-order valence-corrected chi connectivity index (χ2v) is 6.39. The lowest BCUT2D eigenvalue weighted by Gasteiger charge is -2.32. The van der Waals surface area contributed by atoms with Crippen LogP contribution < -0.4 is 0 Å². The van der Waals surface area contributed by atoms with Crippen LogP contribution in [0.3, 0.4) is 0 Å². The summed E-state index contributed by atoms with van der Waals surface area (Å²) in [5.41, 5.74) is 1.90. The number of piperazine rings is 1. The van der Waals surface area contributed by atoms with Gasteiger partial charge in [-0.25, -0.2) is 0 Å². The Kier molecular flexibility index (Phi) is 5.88. The highest BCUT2D eigenvalue weighted by Crippen LogP contribution is 2.21. The predicted molar refractivity (Wildman–Crippen MR) is 97.4 cm³/mol. The molecule has 1 aliphatic heterocycles. The van der Waals surface area contributed by atoms with Crippen LogP contribution in [0.4, 0.5) is 0 Å². The van der Waals surface area contributed by atoms with Gasteiger partial charge in [-0.1, -0.05) is 28.9 Å². The van der Waals surface area contributed by atoms with Crippen molar-refractivity contribution in [1.29, 1.82) is 0 Å². The molecule has 0 amide bonds. The van der Waals surface area contributed by atoms with E-state index in [0.29, 0.717) is 0 Å². The number of hydrazone groups is 1. The number of hydrogen-bond donors (Lipinski definition) is 0. The quantitative estimate of drug-likeness (QED) is 0.750. The molecule has 1 aromatic carbocycles. The van der Waals surface area contributed by atoms with Gasteiger partial charge in [0.25, 0.3) is 0 Å². The van der Waals surface area contributed by atoms with Crippen LogP contribution in [-0.2, 0) is 6.42 Å². The van der Waals surface area contributed by atoms with E-state index in [2.05, 4.69) is 20.2 Å². The third-order valence-electron chi connectivity index (χ3n) is 4.22. The molecular weight excluding hydrogens is 324 g/mol. The van der Waals surface area contributed by atoms with Gasteiger partial charge in [-0.2, -0.15) is 5.10 Å². The first-order chi connectivity index (χ1) is 11.7. The molecule has 1 aromatic heterocycles. The molecular formula is C18H23ClN4O. The molecule has 0 unspecified atom stereocenters. The lowest BCUT2D eigenvalue weighted by Crippen LogP contribution is -2.44. The Hall–Kier alpha value is -1.85. The molecule has 2 heterocycles. The van der Waals surface area contributed by atoms with Crippen molar-refractivity contribution in [1.82, 2.24) is 15.1 Å². The van der Waals surface area contributed by atoms with Gasteiger partial charge in [-0.15, -0.1) is 0 Å². The SMILES string of the molecule is C/C=N\N1CCN(CCCc2cc(-c3ccc(Cl)cc3)no2)CC1. The normalized spacial score (nSPS) is 16.2. The highest BCUT2D eigenvalue weighted by Gasteiger charge is 2.15. The fraction of sp³-hybridized carbons (Fsp3) is 0.444. The zero-order valence-corrected chi connectivity index (χ0v) is 14.7. The second-order valence-electron chi connectivity index (χ2n) is 5.96. The lowest BCUT2D eigenvalue weighted by molar-refractivity contribution is 0.135. The Morgan fingerprint density at radius 1 is 1.21 bits per heavy atom. The molecule has 0 N–H and O–H groups in total. The molecule has 1 fully saturated rings. The molecule has 0 bridgehead atoms. The summed E-state index contributed by atoms with van der Waals surface area (Å²) in [6.07, 6.45) is 3.85. The maximum atomic E-state index is 5.91. The zero-order valence-electron chi connectivity index (χ0n) is 14.0. The van der Waals surface area contributed by atoms with E-state index in [1.54, 1.807) is 0 Å². The van der Waals surface area contributed by atoms with Crippen molar-refractivity contribution >= 4 is 17.8 Å². The summed E-state index contributed by atoms with van der Waals surface area (Å²) >= 11 is 5.91. The molecule has 3 rings (SSSR count). The smallest absolute Gasteiger partial charge is 0.137 e.